The van der Waals surface area contributed by atoms with E-state index >= 15 is 0 Å². The first-order valence-corrected chi connectivity index (χ1v) is 7.57. The molecule has 5 nitrogen and oxygen atoms in total. The van der Waals surface area contributed by atoms with Gasteiger partial charge < -0.3 is 10.5 Å². The molecule has 0 saturated carbocycles. The van der Waals surface area contributed by atoms with Gasteiger partial charge in [-0.15, -0.1) is 5.10 Å². The molecule has 6 heteroatoms. The van der Waals surface area contributed by atoms with Crippen molar-refractivity contribution in [1.82, 2.24) is 14.6 Å². The normalized spacial score (nSPS) is 12.7. The van der Waals surface area contributed by atoms with Gasteiger partial charge >= 0.3 is 0 Å². The maximum atomic E-state index is 6.33. The zero-order valence-electron chi connectivity index (χ0n) is 12.0. The summed E-state index contributed by atoms with van der Waals surface area (Å²) in [4.78, 5) is 5.21. The Morgan fingerprint density at radius 2 is 2.15 bits per heavy atom. The number of hydrogen-bond acceptors (Lipinski definition) is 6. The van der Waals surface area contributed by atoms with Crippen LogP contribution in [0.1, 0.15) is 49.4 Å². The molecule has 0 aliphatic heterocycles. The highest BCUT2D eigenvalue weighted by atomic mass is 32.1. The van der Waals surface area contributed by atoms with Crippen LogP contribution in [0.25, 0.3) is 0 Å². The van der Waals surface area contributed by atoms with Crippen molar-refractivity contribution in [3.63, 3.8) is 0 Å². The molecule has 0 radical (unpaired) electrons. The minimum atomic E-state index is -0.250. The summed E-state index contributed by atoms with van der Waals surface area (Å²) in [6.07, 6.45) is 5.51. The first kappa shape index (κ1) is 14.9. The van der Waals surface area contributed by atoms with Gasteiger partial charge in [-0.2, -0.15) is 0 Å². The van der Waals surface area contributed by atoms with Crippen LogP contribution in [0, 0.1) is 0 Å². The molecule has 2 aromatic heterocycles. The maximum Gasteiger partial charge on any atom is 0.138 e. The molecule has 2 N–H and O–H groups in total. The number of nitrogens with two attached hydrogens (primary N) is 1. The van der Waals surface area contributed by atoms with Crippen molar-refractivity contribution >= 4 is 11.5 Å². The summed E-state index contributed by atoms with van der Waals surface area (Å²) >= 11 is 1.36. The highest BCUT2D eigenvalue weighted by Gasteiger charge is 2.18. The molecule has 0 fully saturated rings. The summed E-state index contributed by atoms with van der Waals surface area (Å²) in [5, 5.41) is 4.16. The number of aromatic nitrogens is 3. The van der Waals surface area contributed by atoms with Gasteiger partial charge in [0.2, 0.25) is 0 Å². The molecule has 2 rings (SSSR count). The molecule has 2 aromatic rings. The Morgan fingerprint density at radius 3 is 2.85 bits per heavy atom. The summed E-state index contributed by atoms with van der Waals surface area (Å²) in [5.74, 6) is 0.738. The minimum absolute atomic E-state index is 0.115. The minimum Gasteiger partial charge on any atom is -0.489 e. The van der Waals surface area contributed by atoms with Gasteiger partial charge in [0.05, 0.1) is 28.9 Å². The summed E-state index contributed by atoms with van der Waals surface area (Å²) in [7, 11) is 0. The molecular formula is C14H20N4OS. The van der Waals surface area contributed by atoms with Crippen LogP contribution >= 0.6 is 11.5 Å². The van der Waals surface area contributed by atoms with Gasteiger partial charge in [0.15, 0.2) is 0 Å². The highest BCUT2D eigenvalue weighted by Crippen LogP contribution is 2.27. The van der Waals surface area contributed by atoms with Crippen molar-refractivity contribution in [2.45, 2.75) is 45.8 Å². The van der Waals surface area contributed by atoms with E-state index in [9.17, 15) is 0 Å². The van der Waals surface area contributed by atoms with E-state index in [4.69, 9.17) is 10.5 Å². The topological polar surface area (TPSA) is 73.9 Å². The monoisotopic (exact) mass is 292 g/mol. The van der Waals surface area contributed by atoms with E-state index < -0.39 is 0 Å². The second kappa shape index (κ2) is 6.76. The van der Waals surface area contributed by atoms with Gasteiger partial charge in [-0.1, -0.05) is 17.8 Å². The molecule has 1 unspecified atom stereocenters. The Morgan fingerprint density at radius 1 is 1.35 bits per heavy atom. The smallest absolute Gasteiger partial charge is 0.138 e. The molecule has 1 atom stereocenters. The van der Waals surface area contributed by atoms with Crippen LogP contribution in [-0.2, 0) is 6.42 Å². The molecule has 0 saturated heterocycles. The van der Waals surface area contributed by atoms with Gasteiger partial charge in [-0.25, -0.2) is 0 Å². The average Bonchev–Trinajstić information content (AvgIpc) is 2.86. The van der Waals surface area contributed by atoms with Crippen LogP contribution in [0.15, 0.2) is 18.5 Å². The van der Waals surface area contributed by atoms with E-state index in [2.05, 4.69) is 21.5 Å². The maximum absolute atomic E-state index is 6.33. The molecule has 0 bridgehead atoms. The van der Waals surface area contributed by atoms with E-state index in [-0.39, 0.29) is 12.1 Å². The predicted molar refractivity (Wildman–Crippen MR) is 79.9 cm³/mol. The fourth-order valence-corrected chi connectivity index (χ4v) is 2.68. The van der Waals surface area contributed by atoms with Crippen LogP contribution in [0.5, 0.6) is 5.75 Å². The number of pyridine rings is 1. The van der Waals surface area contributed by atoms with E-state index in [1.807, 2.05) is 19.9 Å². The van der Waals surface area contributed by atoms with Crippen molar-refractivity contribution in [3.05, 3.63) is 34.6 Å². The average molecular weight is 292 g/mol. The van der Waals surface area contributed by atoms with Crippen molar-refractivity contribution in [2.75, 3.05) is 0 Å². The Labute approximate surface area is 123 Å². The molecule has 0 aliphatic rings. The zero-order valence-corrected chi connectivity index (χ0v) is 12.9. The van der Waals surface area contributed by atoms with Gasteiger partial charge in [-0.3, -0.25) is 4.98 Å². The van der Waals surface area contributed by atoms with Gasteiger partial charge in [-0.05, 0) is 43.4 Å². The third kappa shape index (κ3) is 3.52. The third-order valence-electron chi connectivity index (χ3n) is 2.82. The van der Waals surface area contributed by atoms with Gasteiger partial charge in [0, 0.05) is 6.20 Å². The van der Waals surface area contributed by atoms with Crippen LogP contribution in [0.3, 0.4) is 0 Å². The molecular weight excluding hydrogens is 272 g/mol. The van der Waals surface area contributed by atoms with Crippen molar-refractivity contribution in [1.29, 1.82) is 0 Å². The molecule has 20 heavy (non-hydrogen) atoms. The Kier molecular flexibility index (Phi) is 5.03. The second-order valence-electron chi connectivity index (χ2n) is 4.93. The lowest BCUT2D eigenvalue weighted by Gasteiger charge is -2.14. The Hall–Kier alpha value is -1.53. The van der Waals surface area contributed by atoms with E-state index in [0.29, 0.717) is 0 Å². The zero-order chi connectivity index (χ0) is 14.5. The molecule has 2 heterocycles. The van der Waals surface area contributed by atoms with Crippen LogP contribution in [0.2, 0.25) is 0 Å². The van der Waals surface area contributed by atoms with Crippen LogP contribution in [-0.4, -0.2) is 20.7 Å². The number of hydrogen-bond donors (Lipinski definition) is 1. The van der Waals surface area contributed by atoms with Crippen molar-refractivity contribution in [2.24, 2.45) is 5.73 Å². The third-order valence-corrected chi connectivity index (χ3v) is 3.67. The number of nitrogens with zero attached hydrogens (tertiary/aromatic N) is 3. The summed E-state index contributed by atoms with van der Waals surface area (Å²) in [5.41, 5.74) is 8.24. The highest BCUT2D eigenvalue weighted by molar-refractivity contribution is 7.05. The lowest BCUT2D eigenvalue weighted by atomic mass is 10.1. The van der Waals surface area contributed by atoms with E-state index in [0.717, 1.165) is 34.7 Å². The molecule has 0 amide bonds. The number of ether oxygens (including phenoxy) is 1. The lowest BCUT2D eigenvalue weighted by Crippen LogP contribution is -2.13. The number of aryl methyl sites for hydroxylation is 1. The fraction of sp³-hybridized carbons (Fsp3) is 0.500. The fourth-order valence-electron chi connectivity index (χ4n) is 1.96. The SMILES string of the molecule is CCCc1nnsc1C(N)c1cncc(OC(C)C)c1. The van der Waals surface area contributed by atoms with E-state index in [1.165, 1.54) is 11.5 Å². The van der Waals surface area contributed by atoms with Gasteiger partial charge in [0.25, 0.3) is 0 Å². The van der Waals surface area contributed by atoms with Gasteiger partial charge in [0.1, 0.15) is 5.75 Å². The lowest BCUT2D eigenvalue weighted by molar-refractivity contribution is 0.241. The predicted octanol–water partition coefficient (Wildman–Crippen LogP) is 2.72. The standard InChI is InChI=1S/C14H20N4OS/c1-4-5-12-14(20-18-17-12)13(15)10-6-11(8-16-7-10)19-9(2)3/h6-9,13H,4-5,15H2,1-3H3. The quantitative estimate of drug-likeness (QED) is 0.886. The second-order valence-corrected chi connectivity index (χ2v) is 5.72. The summed E-state index contributed by atoms with van der Waals surface area (Å²) in [6.45, 7) is 6.09. The molecule has 0 spiro atoms. The van der Waals surface area contributed by atoms with E-state index in [1.54, 1.807) is 12.4 Å². The Balaban J connectivity index is 2.23. The molecule has 0 aliphatic carbocycles. The van der Waals surface area contributed by atoms with Crippen molar-refractivity contribution in [3.8, 4) is 5.75 Å². The van der Waals surface area contributed by atoms with Crippen LogP contribution in [0.4, 0.5) is 0 Å². The van der Waals surface area contributed by atoms with Crippen LogP contribution < -0.4 is 10.5 Å². The van der Waals surface area contributed by atoms with Crippen molar-refractivity contribution < 1.29 is 4.74 Å². The summed E-state index contributed by atoms with van der Waals surface area (Å²) in [6, 6.07) is 1.69. The Bertz CT molecular complexity index is 556. The number of rotatable bonds is 6. The first-order chi connectivity index (χ1) is 9.61. The molecule has 0 aromatic carbocycles. The summed E-state index contributed by atoms with van der Waals surface area (Å²) < 4.78 is 9.67. The first-order valence-electron chi connectivity index (χ1n) is 6.80. The molecule has 108 valence electrons. The largest absolute Gasteiger partial charge is 0.489 e.